The minimum atomic E-state index is -3.56. The minimum Gasteiger partial charge on any atom is -0.343 e. The monoisotopic (exact) mass is 499 g/mol. The zero-order chi connectivity index (χ0) is 25.2. The Morgan fingerprint density at radius 2 is 1.74 bits per heavy atom. The molecule has 0 bridgehead atoms. The van der Waals surface area contributed by atoms with Gasteiger partial charge in [0, 0.05) is 38.8 Å². The van der Waals surface area contributed by atoms with Crippen LogP contribution in [0.5, 0.6) is 0 Å². The van der Waals surface area contributed by atoms with Gasteiger partial charge in [0.1, 0.15) is 0 Å². The Morgan fingerprint density at radius 3 is 2.26 bits per heavy atom. The second-order valence-corrected chi connectivity index (χ2v) is 12.7. The molecule has 4 rings (SSSR count). The fourth-order valence-electron chi connectivity index (χ4n) is 4.39. The van der Waals surface area contributed by atoms with E-state index in [-0.39, 0.29) is 28.0 Å². The lowest BCUT2D eigenvalue weighted by Gasteiger charge is -2.33. The fraction of sp³-hybridized carbons (Fsp3) is 0.520. The average molecular weight is 500 g/mol. The van der Waals surface area contributed by atoms with Gasteiger partial charge >= 0.3 is 0 Å². The molecule has 2 saturated heterocycles. The fourth-order valence-corrected chi connectivity index (χ4v) is 6.12. The van der Waals surface area contributed by atoms with Crippen LogP contribution in [0.1, 0.15) is 40.0 Å². The molecule has 188 valence electrons. The van der Waals surface area contributed by atoms with Gasteiger partial charge in [0.25, 0.3) is 0 Å². The highest BCUT2D eigenvalue weighted by Crippen LogP contribution is 2.31. The van der Waals surface area contributed by atoms with Gasteiger partial charge in [-0.25, -0.2) is 8.42 Å². The van der Waals surface area contributed by atoms with Gasteiger partial charge in [-0.15, -0.1) is 5.10 Å². The molecule has 1 N–H and O–H groups in total. The molecule has 0 unspecified atom stereocenters. The van der Waals surface area contributed by atoms with Gasteiger partial charge in [0.2, 0.25) is 11.8 Å². The zero-order valence-corrected chi connectivity index (χ0v) is 21.3. The molecule has 1 aromatic heterocycles. The standard InChI is InChI=1S/C25H33N5O4S/c1-25(2,3)15-23(31)29-13-10-21(11-14-29)35(33,34)20-8-6-19(7-9-20)30(22-5-4-12-27-28-22)24(32)18-16-26-17-18/h4-9,12,18,21,26H,10-11,13-17H2,1-3H3. The van der Waals surface area contributed by atoms with Crippen LogP contribution in [0.3, 0.4) is 0 Å². The van der Waals surface area contributed by atoms with Gasteiger partial charge in [-0.2, -0.15) is 5.10 Å². The lowest BCUT2D eigenvalue weighted by Crippen LogP contribution is -2.51. The lowest BCUT2D eigenvalue weighted by molar-refractivity contribution is -0.134. The molecule has 35 heavy (non-hydrogen) atoms. The largest absolute Gasteiger partial charge is 0.343 e. The van der Waals surface area contributed by atoms with Gasteiger partial charge in [-0.1, -0.05) is 20.8 Å². The first kappa shape index (κ1) is 25.2. The molecule has 2 aliphatic heterocycles. The summed E-state index contributed by atoms with van der Waals surface area (Å²) < 4.78 is 26.7. The summed E-state index contributed by atoms with van der Waals surface area (Å²) in [6.07, 6.45) is 2.82. The number of nitrogens with zero attached hydrogens (tertiary/aromatic N) is 4. The highest BCUT2D eigenvalue weighted by Gasteiger charge is 2.35. The number of carbonyl (C=O) groups is 2. The number of nitrogens with one attached hydrogen (secondary N) is 1. The van der Waals surface area contributed by atoms with Crippen molar-refractivity contribution in [2.24, 2.45) is 11.3 Å². The summed E-state index contributed by atoms with van der Waals surface area (Å²) in [5, 5.41) is 10.5. The highest BCUT2D eigenvalue weighted by molar-refractivity contribution is 7.92. The quantitative estimate of drug-likeness (QED) is 0.650. The van der Waals surface area contributed by atoms with Crippen molar-refractivity contribution in [1.29, 1.82) is 0 Å². The number of likely N-dealkylation sites (tertiary alicyclic amines) is 1. The van der Waals surface area contributed by atoms with Crippen molar-refractivity contribution >= 4 is 33.2 Å². The van der Waals surface area contributed by atoms with Crippen LogP contribution in [0.2, 0.25) is 0 Å². The SMILES string of the molecule is CC(C)(C)CC(=O)N1CCC(S(=O)(=O)c2ccc(N(C(=O)C3CNC3)c3cccnn3)cc2)CC1. The van der Waals surface area contributed by atoms with Crippen molar-refractivity contribution in [3.8, 4) is 0 Å². The van der Waals surface area contributed by atoms with E-state index in [1.807, 2.05) is 20.8 Å². The van der Waals surface area contributed by atoms with Crippen LogP contribution in [0, 0.1) is 11.3 Å². The first-order chi connectivity index (χ1) is 16.6. The number of sulfone groups is 1. The molecule has 0 radical (unpaired) electrons. The second-order valence-electron chi connectivity index (χ2n) is 10.5. The number of piperidine rings is 1. The van der Waals surface area contributed by atoms with E-state index in [9.17, 15) is 18.0 Å². The van der Waals surface area contributed by atoms with Gasteiger partial charge in [-0.3, -0.25) is 14.5 Å². The Hall–Kier alpha value is -2.85. The Balaban J connectivity index is 1.48. The normalized spacial score (nSPS) is 17.6. The van der Waals surface area contributed by atoms with E-state index in [1.54, 1.807) is 41.3 Å². The van der Waals surface area contributed by atoms with E-state index in [1.165, 1.54) is 11.1 Å². The van der Waals surface area contributed by atoms with E-state index in [0.29, 0.717) is 56.9 Å². The predicted octanol–water partition coefficient (Wildman–Crippen LogP) is 2.56. The van der Waals surface area contributed by atoms with E-state index >= 15 is 0 Å². The molecule has 9 nitrogen and oxygen atoms in total. The number of carbonyl (C=O) groups excluding carboxylic acids is 2. The van der Waals surface area contributed by atoms with Crippen molar-refractivity contribution in [1.82, 2.24) is 20.4 Å². The van der Waals surface area contributed by atoms with Crippen LogP contribution in [-0.2, 0) is 19.4 Å². The maximum atomic E-state index is 13.3. The summed E-state index contributed by atoms with van der Waals surface area (Å²) in [5.41, 5.74) is 0.446. The van der Waals surface area contributed by atoms with Gasteiger partial charge in [-0.05, 0) is 54.7 Å². The average Bonchev–Trinajstić information content (AvgIpc) is 2.78. The number of aromatic nitrogens is 2. The molecule has 0 spiro atoms. The zero-order valence-electron chi connectivity index (χ0n) is 20.5. The molecular formula is C25H33N5O4S. The molecule has 2 aliphatic rings. The molecule has 1 aromatic carbocycles. The van der Waals surface area contributed by atoms with Gasteiger partial charge in [0.15, 0.2) is 15.7 Å². The van der Waals surface area contributed by atoms with E-state index in [0.717, 1.165) is 0 Å². The highest BCUT2D eigenvalue weighted by atomic mass is 32.2. The summed E-state index contributed by atoms with van der Waals surface area (Å²) in [6, 6.07) is 9.81. The molecule has 0 atom stereocenters. The first-order valence-corrected chi connectivity index (χ1v) is 13.5. The van der Waals surface area contributed by atoms with Gasteiger partial charge < -0.3 is 10.2 Å². The van der Waals surface area contributed by atoms with E-state index < -0.39 is 15.1 Å². The molecule has 2 fully saturated rings. The molecule has 0 aliphatic carbocycles. The number of benzene rings is 1. The molecule has 10 heteroatoms. The molecule has 2 amide bonds. The van der Waals surface area contributed by atoms with Crippen LogP contribution in [-0.4, -0.2) is 66.8 Å². The summed E-state index contributed by atoms with van der Waals surface area (Å²) >= 11 is 0. The maximum absolute atomic E-state index is 13.3. The summed E-state index contributed by atoms with van der Waals surface area (Å²) in [7, 11) is -3.56. The Labute approximate surface area is 206 Å². The van der Waals surface area contributed by atoms with Crippen molar-refractivity contribution in [3.05, 3.63) is 42.6 Å². The Morgan fingerprint density at radius 1 is 1.09 bits per heavy atom. The number of amides is 2. The van der Waals surface area contributed by atoms with E-state index in [4.69, 9.17) is 0 Å². The molecular weight excluding hydrogens is 466 g/mol. The summed E-state index contributed by atoms with van der Waals surface area (Å²) in [4.78, 5) is 29.1. The number of rotatable bonds is 6. The van der Waals surface area contributed by atoms with Crippen molar-refractivity contribution < 1.29 is 18.0 Å². The van der Waals surface area contributed by atoms with E-state index in [2.05, 4.69) is 15.5 Å². The van der Waals surface area contributed by atoms with Crippen LogP contribution >= 0.6 is 0 Å². The predicted molar refractivity (Wildman–Crippen MR) is 133 cm³/mol. The van der Waals surface area contributed by atoms with Crippen molar-refractivity contribution in [2.45, 2.75) is 50.2 Å². The maximum Gasteiger partial charge on any atom is 0.238 e. The third-order valence-corrected chi connectivity index (χ3v) is 8.76. The van der Waals surface area contributed by atoms with Crippen molar-refractivity contribution in [2.75, 3.05) is 31.1 Å². The number of anilines is 2. The Kier molecular flexibility index (Phi) is 7.23. The second kappa shape index (κ2) is 10.0. The summed E-state index contributed by atoms with van der Waals surface area (Å²) in [6.45, 7) is 8.15. The molecule has 3 heterocycles. The van der Waals surface area contributed by atoms with Crippen LogP contribution in [0.15, 0.2) is 47.5 Å². The topological polar surface area (TPSA) is 113 Å². The first-order valence-electron chi connectivity index (χ1n) is 12.0. The minimum absolute atomic E-state index is 0.0770. The van der Waals surface area contributed by atoms with Crippen LogP contribution in [0.25, 0.3) is 0 Å². The van der Waals surface area contributed by atoms with Crippen molar-refractivity contribution in [3.63, 3.8) is 0 Å². The lowest BCUT2D eigenvalue weighted by atomic mass is 9.91. The van der Waals surface area contributed by atoms with Crippen LogP contribution < -0.4 is 10.2 Å². The third kappa shape index (κ3) is 5.70. The Bertz CT molecular complexity index is 1150. The molecule has 2 aromatic rings. The number of hydrogen-bond donors (Lipinski definition) is 1. The van der Waals surface area contributed by atoms with Crippen LogP contribution in [0.4, 0.5) is 11.5 Å². The smallest absolute Gasteiger partial charge is 0.238 e. The third-order valence-electron chi connectivity index (χ3n) is 6.48. The molecule has 0 saturated carbocycles. The summed E-state index contributed by atoms with van der Waals surface area (Å²) in [5.74, 6) is 0.208. The van der Waals surface area contributed by atoms with Gasteiger partial charge in [0.05, 0.1) is 21.8 Å². The number of hydrogen-bond acceptors (Lipinski definition) is 7.